The Balaban J connectivity index is 2.74. The lowest BCUT2D eigenvalue weighted by molar-refractivity contribution is -0.143. The highest BCUT2D eigenvalue weighted by atomic mass is 16.5. The minimum absolute atomic E-state index is 0.00911. The van der Waals surface area contributed by atoms with Gasteiger partial charge in [0.1, 0.15) is 0 Å². The van der Waals surface area contributed by atoms with Gasteiger partial charge in [-0.15, -0.1) is 0 Å². The van der Waals surface area contributed by atoms with Crippen LogP contribution in [0.5, 0.6) is 0 Å². The molecule has 0 radical (unpaired) electrons. The predicted octanol–water partition coefficient (Wildman–Crippen LogP) is 0.745. The van der Waals surface area contributed by atoms with Crippen LogP contribution in [0.4, 0.5) is 0 Å². The van der Waals surface area contributed by atoms with E-state index >= 15 is 0 Å². The number of carboxylic acids is 1. The van der Waals surface area contributed by atoms with Crippen LogP contribution in [-0.4, -0.2) is 29.4 Å². The summed E-state index contributed by atoms with van der Waals surface area (Å²) in [5, 5.41) is 11.5. The van der Waals surface area contributed by atoms with E-state index in [-0.39, 0.29) is 12.4 Å². The van der Waals surface area contributed by atoms with E-state index in [9.17, 15) is 14.4 Å². The van der Waals surface area contributed by atoms with Crippen LogP contribution in [0, 0.1) is 0 Å². The number of ether oxygens (including phenoxy) is 1. The van der Waals surface area contributed by atoms with Crippen molar-refractivity contribution in [3.8, 4) is 0 Å². The molecule has 6 nitrogen and oxygen atoms in total. The zero-order valence-electron chi connectivity index (χ0n) is 10.1. The first kappa shape index (κ1) is 14.0. The number of carbonyl (C=O) groups excluding carboxylic acids is 2. The average Bonchev–Trinajstić information content (AvgIpc) is 2.29. The lowest BCUT2D eigenvalue weighted by atomic mass is 10.0. The number of hydrogen-bond acceptors (Lipinski definition) is 5. The summed E-state index contributed by atoms with van der Waals surface area (Å²) in [6.45, 7) is 1.69. The number of nitrogens with one attached hydrogen (secondary N) is 1. The SMILES string of the molecule is CCOC(=O)/C(=C\NC1=CC(=O)CCC1)C(=O)O. The van der Waals surface area contributed by atoms with E-state index in [0.717, 1.165) is 6.20 Å². The zero-order chi connectivity index (χ0) is 13.5. The molecule has 0 aromatic heterocycles. The lowest BCUT2D eigenvalue weighted by Crippen LogP contribution is -2.20. The van der Waals surface area contributed by atoms with Gasteiger partial charge in [-0.3, -0.25) is 4.79 Å². The van der Waals surface area contributed by atoms with E-state index in [0.29, 0.717) is 25.0 Å². The monoisotopic (exact) mass is 253 g/mol. The van der Waals surface area contributed by atoms with Crippen LogP contribution >= 0.6 is 0 Å². The molecule has 0 aliphatic heterocycles. The number of carboxylic acid groups (broad SMARTS) is 1. The Morgan fingerprint density at radius 3 is 2.78 bits per heavy atom. The molecule has 6 heteroatoms. The number of allylic oxidation sites excluding steroid dienone is 2. The number of aliphatic carboxylic acids is 1. The van der Waals surface area contributed by atoms with Gasteiger partial charge in [-0.2, -0.15) is 0 Å². The van der Waals surface area contributed by atoms with Crippen LogP contribution < -0.4 is 5.32 Å². The van der Waals surface area contributed by atoms with Gasteiger partial charge in [0, 0.05) is 24.4 Å². The Labute approximate surface area is 104 Å². The molecule has 0 unspecified atom stereocenters. The van der Waals surface area contributed by atoms with Crippen LogP contribution in [0.1, 0.15) is 26.2 Å². The summed E-state index contributed by atoms with van der Waals surface area (Å²) in [4.78, 5) is 33.3. The molecule has 1 aliphatic rings. The molecule has 0 saturated heterocycles. The second kappa shape index (κ2) is 6.58. The Hall–Kier alpha value is -2.11. The topological polar surface area (TPSA) is 92.7 Å². The largest absolute Gasteiger partial charge is 0.477 e. The Morgan fingerprint density at radius 2 is 2.22 bits per heavy atom. The van der Waals surface area contributed by atoms with Crippen molar-refractivity contribution in [1.29, 1.82) is 0 Å². The highest BCUT2D eigenvalue weighted by molar-refractivity contribution is 6.13. The highest BCUT2D eigenvalue weighted by Crippen LogP contribution is 2.12. The fraction of sp³-hybridized carbons (Fsp3) is 0.417. The van der Waals surface area contributed by atoms with Gasteiger partial charge in [0.05, 0.1) is 6.61 Å². The first-order chi connectivity index (χ1) is 8.54. The zero-order valence-corrected chi connectivity index (χ0v) is 10.1. The summed E-state index contributed by atoms with van der Waals surface area (Å²) in [7, 11) is 0. The first-order valence-corrected chi connectivity index (χ1v) is 5.65. The Bertz CT molecular complexity index is 422. The average molecular weight is 253 g/mol. The molecular weight excluding hydrogens is 238 g/mol. The van der Waals surface area contributed by atoms with Crippen molar-refractivity contribution in [3.63, 3.8) is 0 Å². The van der Waals surface area contributed by atoms with E-state index in [4.69, 9.17) is 5.11 Å². The normalized spacial score (nSPS) is 15.9. The Kier molecular flexibility index (Phi) is 5.10. The molecule has 0 aromatic carbocycles. The van der Waals surface area contributed by atoms with Gasteiger partial charge in [-0.05, 0) is 19.8 Å². The Morgan fingerprint density at radius 1 is 1.50 bits per heavy atom. The van der Waals surface area contributed by atoms with Crippen LogP contribution in [0.2, 0.25) is 0 Å². The van der Waals surface area contributed by atoms with Crippen LogP contribution in [0.3, 0.4) is 0 Å². The summed E-state index contributed by atoms with van der Waals surface area (Å²) in [6, 6.07) is 0. The number of esters is 1. The van der Waals surface area contributed by atoms with E-state index in [1.807, 2.05) is 0 Å². The van der Waals surface area contributed by atoms with Gasteiger partial charge in [-0.25, -0.2) is 9.59 Å². The molecule has 0 amide bonds. The third kappa shape index (κ3) is 4.04. The number of rotatable bonds is 5. The molecule has 0 spiro atoms. The summed E-state index contributed by atoms with van der Waals surface area (Å²) in [6.07, 6.45) is 4.35. The molecule has 0 fully saturated rings. The van der Waals surface area contributed by atoms with E-state index in [2.05, 4.69) is 10.1 Å². The molecule has 2 N–H and O–H groups in total. The van der Waals surface area contributed by atoms with Crippen molar-refractivity contribution in [2.75, 3.05) is 6.61 Å². The highest BCUT2D eigenvalue weighted by Gasteiger charge is 2.19. The van der Waals surface area contributed by atoms with Crippen molar-refractivity contribution in [2.45, 2.75) is 26.2 Å². The van der Waals surface area contributed by atoms with Crippen molar-refractivity contribution >= 4 is 17.7 Å². The molecule has 18 heavy (non-hydrogen) atoms. The van der Waals surface area contributed by atoms with Gasteiger partial charge in [0.15, 0.2) is 11.4 Å². The second-order valence-electron chi connectivity index (χ2n) is 3.72. The van der Waals surface area contributed by atoms with Gasteiger partial charge in [0.2, 0.25) is 0 Å². The predicted molar refractivity (Wildman–Crippen MR) is 62.4 cm³/mol. The summed E-state index contributed by atoms with van der Waals surface area (Å²) in [5.41, 5.74) is 0.116. The van der Waals surface area contributed by atoms with Gasteiger partial charge in [0.25, 0.3) is 0 Å². The lowest BCUT2D eigenvalue weighted by Gasteiger charge is -2.12. The minimum Gasteiger partial charge on any atom is -0.477 e. The minimum atomic E-state index is -1.37. The fourth-order valence-corrected chi connectivity index (χ4v) is 1.49. The number of hydrogen-bond donors (Lipinski definition) is 2. The van der Waals surface area contributed by atoms with Crippen molar-refractivity contribution < 1.29 is 24.2 Å². The molecule has 98 valence electrons. The van der Waals surface area contributed by atoms with Crippen LogP contribution in [-0.2, 0) is 19.1 Å². The standard InChI is InChI=1S/C12H15NO5/c1-2-18-12(17)10(11(15)16)7-13-8-4-3-5-9(14)6-8/h6-7,13H,2-5H2,1H3,(H,15,16)/b10-7-. The number of ketones is 1. The molecule has 0 aromatic rings. The first-order valence-electron chi connectivity index (χ1n) is 5.65. The summed E-state index contributed by atoms with van der Waals surface area (Å²) >= 11 is 0. The maximum absolute atomic E-state index is 11.3. The fourth-order valence-electron chi connectivity index (χ4n) is 1.49. The van der Waals surface area contributed by atoms with E-state index in [1.54, 1.807) is 6.92 Å². The molecule has 1 aliphatic carbocycles. The third-order valence-corrected chi connectivity index (χ3v) is 2.33. The molecular formula is C12H15NO5. The van der Waals surface area contributed by atoms with Crippen LogP contribution in [0.15, 0.2) is 23.5 Å². The quantitative estimate of drug-likeness (QED) is 0.325. The maximum atomic E-state index is 11.3. The van der Waals surface area contributed by atoms with Gasteiger partial charge in [-0.1, -0.05) is 0 Å². The second-order valence-corrected chi connectivity index (χ2v) is 3.72. The van der Waals surface area contributed by atoms with Crippen molar-refractivity contribution in [2.24, 2.45) is 0 Å². The summed E-state index contributed by atoms with van der Waals surface area (Å²) < 4.78 is 4.61. The van der Waals surface area contributed by atoms with Gasteiger partial charge < -0.3 is 15.2 Å². The van der Waals surface area contributed by atoms with Crippen molar-refractivity contribution in [1.82, 2.24) is 5.32 Å². The smallest absolute Gasteiger partial charge is 0.347 e. The number of carbonyl (C=O) groups is 3. The molecule has 0 heterocycles. The molecule has 0 saturated carbocycles. The van der Waals surface area contributed by atoms with Crippen molar-refractivity contribution in [3.05, 3.63) is 23.5 Å². The molecule has 1 rings (SSSR count). The van der Waals surface area contributed by atoms with Crippen LogP contribution in [0.25, 0.3) is 0 Å². The van der Waals surface area contributed by atoms with E-state index in [1.165, 1.54) is 6.08 Å². The van der Waals surface area contributed by atoms with E-state index < -0.39 is 17.5 Å². The molecule has 0 bridgehead atoms. The molecule has 0 atom stereocenters. The van der Waals surface area contributed by atoms with Gasteiger partial charge >= 0.3 is 11.9 Å². The maximum Gasteiger partial charge on any atom is 0.347 e. The third-order valence-electron chi connectivity index (χ3n) is 2.33. The summed E-state index contributed by atoms with van der Waals surface area (Å²) in [5.74, 6) is -2.28.